The molecule has 0 radical (unpaired) electrons. The number of fused-ring (bicyclic) bond motifs is 3. The predicted octanol–water partition coefficient (Wildman–Crippen LogP) is 8.83. The van der Waals surface area contributed by atoms with Crippen LogP contribution in [0.3, 0.4) is 0 Å². The Morgan fingerprint density at radius 2 is 1.68 bits per heavy atom. The van der Waals surface area contributed by atoms with Crippen molar-refractivity contribution in [2.24, 2.45) is 0 Å². The summed E-state index contributed by atoms with van der Waals surface area (Å²) in [5.74, 6) is -0.173. The molecule has 1 atom stereocenters. The van der Waals surface area contributed by atoms with Crippen LogP contribution >= 0.6 is 7.53 Å². The molecule has 0 saturated heterocycles. The van der Waals surface area contributed by atoms with Crippen molar-refractivity contribution in [3.63, 3.8) is 0 Å². The maximum absolute atomic E-state index is 13.1. The van der Waals surface area contributed by atoms with Crippen molar-refractivity contribution in [2.45, 2.75) is 6.18 Å². The van der Waals surface area contributed by atoms with Crippen LogP contribution in [0.15, 0.2) is 97.3 Å². The number of halogens is 3. The van der Waals surface area contributed by atoms with Gasteiger partial charge in [0.2, 0.25) is 5.88 Å². The van der Waals surface area contributed by atoms with Gasteiger partial charge in [0.05, 0.1) is 12.4 Å². The zero-order valence-electron chi connectivity index (χ0n) is 20.8. The van der Waals surface area contributed by atoms with Gasteiger partial charge < -0.3 is 4.74 Å². The third-order valence-corrected chi connectivity index (χ3v) is 8.06. The van der Waals surface area contributed by atoms with E-state index in [0.717, 1.165) is 44.8 Å². The van der Waals surface area contributed by atoms with Crippen LogP contribution < -0.4 is 4.74 Å². The fourth-order valence-electron chi connectivity index (χ4n) is 4.07. The Kier molecular flexibility index (Phi) is 6.22. The number of nitrogens with zero attached hydrogens (tertiary/aromatic N) is 2. The summed E-state index contributed by atoms with van der Waals surface area (Å²) in [7, 11) is -1.02. The van der Waals surface area contributed by atoms with Crippen molar-refractivity contribution in [3.8, 4) is 28.2 Å². The Hall–Kier alpha value is -3.46. The van der Waals surface area contributed by atoms with Crippen molar-refractivity contribution < 1.29 is 41.7 Å². The summed E-state index contributed by atoms with van der Waals surface area (Å²) < 4.78 is 61.2. The molecule has 37 heavy (non-hydrogen) atoms. The molecule has 0 spiro atoms. The number of hydrogen-bond donors (Lipinski definition) is 0. The van der Waals surface area contributed by atoms with Gasteiger partial charge >= 0.3 is 27.2 Å². The minimum absolute atomic E-state index is 0. The van der Waals surface area contributed by atoms with E-state index in [9.17, 15) is 13.2 Å². The fourth-order valence-corrected chi connectivity index (χ4v) is 6.52. The van der Waals surface area contributed by atoms with E-state index >= 15 is 0 Å². The van der Waals surface area contributed by atoms with E-state index in [-0.39, 0.29) is 38.7 Å². The number of rotatable bonds is 4. The predicted molar refractivity (Wildman–Crippen MR) is 136 cm³/mol. The van der Waals surface area contributed by atoms with E-state index in [1.807, 2.05) is 42.5 Å². The third-order valence-electron chi connectivity index (χ3n) is 5.67. The van der Waals surface area contributed by atoms with Crippen LogP contribution in [0.5, 0.6) is 11.6 Å². The first-order valence-electron chi connectivity index (χ1n) is 11.9. The minimum atomic E-state index is -4.53. The summed E-state index contributed by atoms with van der Waals surface area (Å²) >= 11 is 0. The van der Waals surface area contributed by atoms with Gasteiger partial charge in [-0.2, -0.15) is 37.4 Å². The average Bonchev–Trinajstić information content (AvgIpc) is 3.21. The second-order valence-electron chi connectivity index (χ2n) is 7.94. The Morgan fingerprint density at radius 1 is 0.811 bits per heavy atom. The summed E-state index contributed by atoms with van der Waals surface area (Å²) in [6.07, 6.45) is -1.75. The molecular formula is C29H16F3N2OPPt. The zero-order chi connectivity index (χ0) is 26.4. The molecule has 3 aromatic carbocycles. The van der Waals surface area contributed by atoms with Crippen LogP contribution in [-0.4, -0.2) is 9.97 Å². The molecule has 0 aliphatic carbocycles. The first-order valence-corrected chi connectivity index (χ1v) is 12.2. The summed E-state index contributed by atoms with van der Waals surface area (Å²) in [6.45, 7) is 0. The summed E-state index contributed by atoms with van der Waals surface area (Å²) in [4.78, 5) is 8.47. The third kappa shape index (κ3) is 4.92. The number of ether oxygens (including phenoxy) is 1. The first-order chi connectivity index (χ1) is 18.3. The SMILES string of the molecule is [2H]c1cc(Oc2cc(C(F)(F)F)ccn2)[c-]c(-c2[c-]c3c(cc2)c2cc([2H])ccc2p3-c2ccccn2)c1.[Pt+2]. The van der Waals surface area contributed by atoms with Gasteiger partial charge in [0.25, 0.3) is 0 Å². The molecule has 6 aromatic rings. The molecule has 8 heteroatoms. The van der Waals surface area contributed by atoms with Crippen molar-refractivity contribution in [1.29, 1.82) is 0 Å². The van der Waals surface area contributed by atoms with Crippen molar-refractivity contribution >= 4 is 28.5 Å². The van der Waals surface area contributed by atoms with Crippen LogP contribution in [-0.2, 0) is 27.2 Å². The molecular weight excluding hydrogens is 675 g/mol. The van der Waals surface area contributed by atoms with E-state index < -0.39 is 19.3 Å². The van der Waals surface area contributed by atoms with Crippen LogP contribution in [0, 0.1) is 12.1 Å². The van der Waals surface area contributed by atoms with Crippen LogP contribution in [0.25, 0.3) is 37.6 Å². The standard InChI is InChI=1S/C29H16F3N2OP.Pt/c30-29(31,32)21-13-15-33-27(18-21)35-22-7-5-6-19(16-22)20-11-12-24-23-8-1-2-9-25(23)36(26(24)17-20)28-10-3-4-14-34-28;/h1-15,18H;/q-2;+2/i1D,5D;. The molecule has 1 unspecified atom stereocenters. The molecule has 0 aliphatic heterocycles. The Bertz CT molecular complexity index is 1830. The largest absolute Gasteiger partial charge is 2.00 e. The van der Waals surface area contributed by atoms with Gasteiger partial charge in [-0.3, -0.25) is 4.98 Å². The molecule has 0 saturated carbocycles. The van der Waals surface area contributed by atoms with Gasteiger partial charge in [-0.1, -0.05) is 48.3 Å². The number of aromatic nitrogens is 2. The first kappa shape index (κ1) is 22.7. The maximum Gasteiger partial charge on any atom is 2.00 e. The molecule has 3 heterocycles. The average molecular weight is 694 g/mol. The van der Waals surface area contributed by atoms with Gasteiger partial charge in [-0.25, -0.2) is 16.1 Å². The second-order valence-corrected chi connectivity index (χ2v) is 10.00. The molecule has 0 aliphatic rings. The molecule has 0 fully saturated rings. The van der Waals surface area contributed by atoms with Gasteiger partial charge in [0.1, 0.15) is 0 Å². The number of alkyl halides is 3. The second kappa shape index (κ2) is 10.1. The van der Waals surface area contributed by atoms with Gasteiger partial charge in [0, 0.05) is 25.6 Å². The van der Waals surface area contributed by atoms with Crippen LogP contribution in [0.1, 0.15) is 8.30 Å². The van der Waals surface area contributed by atoms with E-state index in [4.69, 9.17) is 7.48 Å². The molecule has 0 bridgehead atoms. The Labute approximate surface area is 229 Å². The molecule has 0 amide bonds. The summed E-state index contributed by atoms with van der Waals surface area (Å²) in [5.41, 5.74) is 1.19. The van der Waals surface area contributed by atoms with Gasteiger partial charge in [0.15, 0.2) is 0 Å². The summed E-state index contributed by atoms with van der Waals surface area (Å²) in [6, 6.07) is 26.9. The topological polar surface area (TPSA) is 35.0 Å². The van der Waals surface area contributed by atoms with Crippen molar-refractivity contribution in [1.82, 2.24) is 9.97 Å². The van der Waals surface area contributed by atoms with Crippen molar-refractivity contribution in [2.75, 3.05) is 0 Å². The number of benzene rings is 3. The van der Waals surface area contributed by atoms with Crippen LogP contribution in [0.2, 0.25) is 0 Å². The van der Waals surface area contributed by atoms with E-state index in [2.05, 4.69) is 22.1 Å². The Morgan fingerprint density at radius 3 is 2.49 bits per heavy atom. The van der Waals surface area contributed by atoms with E-state index in [1.54, 1.807) is 18.3 Å². The normalized spacial score (nSPS) is 12.7. The van der Waals surface area contributed by atoms with Gasteiger partial charge in [-0.05, 0) is 28.7 Å². The minimum Gasteiger partial charge on any atom is -0.460 e. The number of hydrogen-bond acceptors (Lipinski definition) is 3. The van der Waals surface area contributed by atoms with Crippen LogP contribution in [0.4, 0.5) is 13.2 Å². The molecule has 6 rings (SSSR count). The van der Waals surface area contributed by atoms with E-state index in [0.29, 0.717) is 17.2 Å². The molecule has 3 nitrogen and oxygen atoms in total. The number of pyridine rings is 2. The Balaban J connectivity index is 0.00000308. The quantitative estimate of drug-likeness (QED) is 0.173. The summed E-state index contributed by atoms with van der Waals surface area (Å²) in [5, 5.41) is 3.99. The fraction of sp³-hybridized carbons (Fsp3) is 0.0345. The zero-order valence-corrected chi connectivity index (χ0v) is 21.9. The maximum atomic E-state index is 13.1. The van der Waals surface area contributed by atoms with Crippen molar-refractivity contribution in [3.05, 3.63) is 115 Å². The van der Waals surface area contributed by atoms with Gasteiger partial charge in [-0.15, -0.1) is 18.2 Å². The smallest absolute Gasteiger partial charge is 0.460 e. The molecule has 3 aromatic heterocycles. The molecule has 0 N–H and O–H groups in total. The monoisotopic (exact) mass is 693 g/mol. The molecule has 184 valence electrons. The van der Waals surface area contributed by atoms with E-state index in [1.165, 1.54) is 6.07 Å².